The van der Waals surface area contributed by atoms with Gasteiger partial charge in [0.2, 0.25) is 5.91 Å². The molecule has 0 atom stereocenters. The lowest BCUT2D eigenvalue weighted by atomic mass is 10.1. The number of carbonyl (C=O) groups excluding carboxylic acids is 2. The number of carboxylic acids is 1. The van der Waals surface area contributed by atoms with Crippen LogP contribution in [0.5, 0.6) is 0 Å². The van der Waals surface area contributed by atoms with Crippen molar-refractivity contribution in [3.63, 3.8) is 0 Å². The Balaban J connectivity index is 1.93. The number of para-hydroxylation sites is 1. The van der Waals surface area contributed by atoms with Crippen molar-refractivity contribution in [2.75, 3.05) is 11.4 Å². The van der Waals surface area contributed by atoms with Crippen molar-refractivity contribution in [1.29, 1.82) is 0 Å². The number of fused-ring (bicyclic) bond motifs is 1. The van der Waals surface area contributed by atoms with Crippen LogP contribution < -0.4 is 4.90 Å². The number of benzene rings is 2. The van der Waals surface area contributed by atoms with Crippen LogP contribution in [0.3, 0.4) is 0 Å². The molecule has 134 valence electrons. The standard InChI is InChI=1S/C18H12F3NO4/c19-18(20,21)12-5-1-3-10(7-12)14(23)9-22-15(24)8-11-4-2-6-13(16(11)22)17(25)26/h1-7H,8-9H2,(H,25,26). The molecular weight excluding hydrogens is 351 g/mol. The first kappa shape index (κ1) is 17.7. The van der Waals surface area contributed by atoms with Crippen LogP contribution in [-0.2, 0) is 17.4 Å². The predicted octanol–water partition coefficient (Wildman–Crippen LogP) is 3.18. The van der Waals surface area contributed by atoms with Gasteiger partial charge in [-0.1, -0.05) is 24.3 Å². The number of nitrogens with zero attached hydrogens (tertiary/aromatic N) is 1. The first-order valence-electron chi connectivity index (χ1n) is 7.54. The minimum atomic E-state index is -4.59. The predicted molar refractivity (Wildman–Crippen MR) is 85.2 cm³/mol. The largest absolute Gasteiger partial charge is 0.478 e. The maximum atomic E-state index is 12.8. The van der Waals surface area contributed by atoms with Gasteiger partial charge in [0.05, 0.1) is 29.8 Å². The molecule has 0 aromatic heterocycles. The van der Waals surface area contributed by atoms with Crippen molar-refractivity contribution in [2.24, 2.45) is 0 Å². The molecule has 8 heteroatoms. The molecule has 2 aromatic carbocycles. The second kappa shape index (κ2) is 6.29. The van der Waals surface area contributed by atoms with Crippen LogP contribution in [0.25, 0.3) is 0 Å². The average molecular weight is 363 g/mol. The molecule has 1 aliphatic rings. The smallest absolute Gasteiger partial charge is 0.416 e. The summed E-state index contributed by atoms with van der Waals surface area (Å²) in [4.78, 5) is 37.0. The van der Waals surface area contributed by atoms with Crippen LogP contribution in [0.1, 0.15) is 31.8 Å². The summed E-state index contributed by atoms with van der Waals surface area (Å²) in [6.07, 6.45) is -4.66. The van der Waals surface area contributed by atoms with Gasteiger partial charge in [-0.15, -0.1) is 0 Å². The Bertz CT molecular complexity index is 921. The monoisotopic (exact) mass is 363 g/mol. The van der Waals surface area contributed by atoms with E-state index in [-0.39, 0.29) is 23.2 Å². The van der Waals surface area contributed by atoms with Gasteiger partial charge >= 0.3 is 12.1 Å². The van der Waals surface area contributed by atoms with Gasteiger partial charge in [-0.2, -0.15) is 13.2 Å². The van der Waals surface area contributed by atoms with Crippen LogP contribution in [0.2, 0.25) is 0 Å². The minimum Gasteiger partial charge on any atom is -0.478 e. The molecular formula is C18H12F3NO4. The molecule has 1 aliphatic heterocycles. The zero-order valence-corrected chi connectivity index (χ0v) is 13.2. The van der Waals surface area contributed by atoms with Gasteiger partial charge in [-0.25, -0.2) is 4.79 Å². The highest BCUT2D eigenvalue weighted by molar-refractivity contribution is 6.12. The van der Waals surface area contributed by atoms with Gasteiger partial charge in [0.25, 0.3) is 0 Å². The molecule has 0 unspecified atom stereocenters. The Labute approximate surface area is 145 Å². The summed E-state index contributed by atoms with van der Waals surface area (Å²) in [5.74, 6) is -2.44. The average Bonchev–Trinajstić information content (AvgIpc) is 2.89. The fourth-order valence-electron chi connectivity index (χ4n) is 2.88. The summed E-state index contributed by atoms with van der Waals surface area (Å²) in [6, 6.07) is 8.27. The molecule has 0 aliphatic carbocycles. The zero-order valence-electron chi connectivity index (χ0n) is 13.2. The Hall–Kier alpha value is -3.16. The third-order valence-electron chi connectivity index (χ3n) is 4.08. The van der Waals surface area contributed by atoms with E-state index in [2.05, 4.69) is 0 Å². The van der Waals surface area contributed by atoms with Crippen LogP contribution >= 0.6 is 0 Å². The van der Waals surface area contributed by atoms with E-state index >= 15 is 0 Å². The molecule has 0 saturated heterocycles. The van der Waals surface area contributed by atoms with Crippen molar-refractivity contribution < 1.29 is 32.7 Å². The van der Waals surface area contributed by atoms with Crippen LogP contribution in [0.15, 0.2) is 42.5 Å². The second-order valence-electron chi connectivity index (χ2n) is 5.78. The summed E-state index contributed by atoms with van der Waals surface area (Å²) in [5, 5.41) is 9.28. The van der Waals surface area contributed by atoms with Crippen molar-refractivity contribution in [3.8, 4) is 0 Å². The maximum Gasteiger partial charge on any atom is 0.416 e. The highest BCUT2D eigenvalue weighted by atomic mass is 19.4. The van der Waals surface area contributed by atoms with Crippen molar-refractivity contribution in [3.05, 3.63) is 64.7 Å². The van der Waals surface area contributed by atoms with E-state index in [1.807, 2.05) is 0 Å². The molecule has 1 heterocycles. The molecule has 0 spiro atoms. The molecule has 1 amide bonds. The third-order valence-corrected chi connectivity index (χ3v) is 4.08. The lowest BCUT2D eigenvalue weighted by Gasteiger charge is -2.18. The van der Waals surface area contributed by atoms with Crippen LogP contribution in [0, 0.1) is 0 Å². The fraction of sp³-hybridized carbons (Fsp3) is 0.167. The minimum absolute atomic E-state index is 0.0632. The van der Waals surface area contributed by atoms with Crippen molar-refractivity contribution >= 4 is 23.3 Å². The van der Waals surface area contributed by atoms with E-state index in [1.54, 1.807) is 6.07 Å². The van der Waals surface area contributed by atoms with Gasteiger partial charge < -0.3 is 10.0 Å². The first-order valence-corrected chi connectivity index (χ1v) is 7.54. The normalized spacial score (nSPS) is 13.7. The number of rotatable bonds is 4. The molecule has 26 heavy (non-hydrogen) atoms. The molecule has 1 N–H and O–H groups in total. The number of aromatic carboxylic acids is 1. The summed E-state index contributed by atoms with van der Waals surface area (Å²) >= 11 is 0. The Morgan fingerprint density at radius 2 is 1.81 bits per heavy atom. The number of carboxylic acid groups (broad SMARTS) is 1. The van der Waals surface area contributed by atoms with Crippen molar-refractivity contribution in [2.45, 2.75) is 12.6 Å². The molecule has 0 fully saturated rings. The SMILES string of the molecule is O=C(CN1C(=O)Cc2cccc(C(=O)O)c21)c1cccc(C(F)(F)F)c1. The van der Waals surface area contributed by atoms with Crippen LogP contribution in [-0.4, -0.2) is 29.3 Å². The summed E-state index contributed by atoms with van der Waals surface area (Å²) < 4.78 is 38.4. The molecule has 0 bridgehead atoms. The molecule has 3 rings (SSSR count). The van der Waals surface area contributed by atoms with E-state index in [0.717, 1.165) is 17.0 Å². The summed E-state index contributed by atoms with van der Waals surface area (Å²) in [6.45, 7) is -0.530. The van der Waals surface area contributed by atoms with Gasteiger partial charge in [0.1, 0.15) is 0 Å². The van der Waals surface area contributed by atoms with Gasteiger partial charge in [-0.3, -0.25) is 9.59 Å². The summed E-state index contributed by atoms with van der Waals surface area (Å²) in [5.41, 5.74) is -0.723. The number of ketones is 1. The number of Topliss-reactive ketones (excluding diaryl/α,β-unsaturated/α-hetero) is 1. The van der Waals surface area contributed by atoms with Gasteiger partial charge in [0.15, 0.2) is 5.78 Å². The zero-order chi connectivity index (χ0) is 19.1. The number of hydrogen-bond acceptors (Lipinski definition) is 3. The number of amides is 1. The van der Waals surface area contributed by atoms with E-state index in [4.69, 9.17) is 0 Å². The van der Waals surface area contributed by atoms with Gasteiger partial charge in [0, 0.05) is 5.56 Å². The molecule has 5 nitrogen and oxygen atoms in total. The van der Waals surface area contributed by atoms with Crippen LogP contribution in [0.4, 0.5) is 18.9 Å². The Kier molecular flexibility index (Phi) is 4.27. The lowest BCUT2D eigenvalue weighted by molar-refractivity contribution is -0.137. The number of anilines is 1. The third kappa shape index (κ3) is 3.17. The topological polar surface area (TPSA) is 74.7 Å². The Morgan fingerprint density at radius 1 is 1.12 bits per heavy atom. The molecule has 0 radical (unpaired) electrons. The van der Waals surface area contributed by atoms with Gasteiger partial charge in [-0.05, 0) is 23.8 Å². The quantitative estimate of drug-likeness (QED) is 0.847. The molecule has 2 aromatic rings. The maximum absolute atomic E-state index is 12.8. The second-order valence-corrected chi connectivity index (χ2v) is 5.78. The van der Waals surface area contributed by atoms with E-state index in [0.29, 0.717) is 11.6 Å². The van der Waals surface area contributed by atoms with E-state index in [1.165, 1.54) is 18.2 Å². The molecule has 0 saturated carbocycles. The number of alkyl halides is 3. The highest BCUT2D eigenvalue weighted by Crippen LogP contribution is 2.33. The number of hydrogen-bond donors (Lipinski definition) is 1. The Morgan fingerprint density at radius 3 is 2.46 bits per heavy atom. The number of carbonyl (C=O) groups is 3. The lowest BCUT2D eigenvalue weighted by Crippen LogP contribution is -2.33. The van der Waals surface area contributed by atoms with E-state index in [9.17, 15) is 32.7 Å². The first-order chi connectivity index (χ1) is 12.2. The highest BCUT2D eigenvalue weighted by Gasteiger charge is 2.34. The van der Waals surface area contributed by atoms with E-state index < -0.39 is 35.9 Å². The van der Waals surface area contributed by atoms with Crippen molar-refractivity contribution in [1.82, 2.24) is 0 Å². The fourth-order valence-corrected chi connectivity index (χ4v) is 2.88. The summed E-state index contributed by atoms with van der Waals surface area (Å²) in [7, 11) is 0. The number of halogens is 3.